The number of imide groups is 1. The molecule has 140 valence electrons. The molecule has 0 atom stereocenters. The first-order valence-corrected chi connectivity index (χ1v) is 9.03. The third-order valence-electron chi connectivity index (χ3n) is 4.59. The third-order valence-corrected chi connectivity index (χ3v) is 4.59. The molecule has 9 heteroatoms. The molecule has 2 aliphatic rings. The molecule has 1 saturated carbocycles. The first-order valence-electron chi connectivity index (χ1n) is 9.03. The first kappa shape index (κ1) is 16.4. The Bertz CT molecular complexity index is 1120. The van der Waals surface area contributed by atoms with E-state index < -0.39 is 0 Å². The lowest BCUT2D eigenvalue weighted by atomic mass is 10.1. The van der Waals surface area contributed by atoms with Crippen LogP contribution in [0.4, 0.5) is 17.3 Å². The van der Waals surface area contributed by atoms with Crippen LogP contribution in [0.1, 0.15) is 24.8 Å². The molecule has 28 heavy (non-hydrogen) atoms. The number of rotatable bonds is 5. The minimum atomic E-state index is -0.370. The predicted octanol–water partition coefficient (Wildman–Crippen LogP) is 1.87. The number of hydrogen-bond donors (Lipinski definition) is 3. The zero-order chi connectivity index (χ0) is 19.1. The Labute approximate surface area is 159 Å². The Morgan fingerprint density at radius 2 is 2.14 bits per heavy atom. The summed E-state index contributed by atoms with van der Waals surface area (Å²) in [5.41, 5.74) is 2.49. The first-order chi connectivity index (χ1) is 13.7. The lowest BCUT2D eigenvalue weighted by Gasteiger charge is -2.11. The van der Waals surface area contributed by atoms with Crippen LogP contribution in [0.15, 0.2) is 42.4 Å². The molecule has 3 N–H and O–H groups in total. The Kier molecular flexibility index (Phi) is 3.78. The fourth-order valence-corrected chi connectivity index (χ4v) is 3.08. The van der Waals surface area contributed by atoms with Crippen LogP contribution < -0.4 is 16.0 Å². The largest absolute Gasteiger partial charge is 0.367 e. The van der Waals surface area contributed by atoms with Crippen molar-refractivity contribution in [1.82, 2.24) is 24.9 Å². The van der Waals surface area contributed by atoms with Crippen molar-refractivity contribution in [3.8, 4) is 0 Å². The number of nitrogens with one attached hydrogen (secondary N) is 3. The number of fused-ring (bicyclic) bond motifs is 1. The van der Waals surface area contributed by atoms with Gasteiger partial charge < -0.3 is 10.6 Å². The van der Waals surface area contributed by atoms with Crippen LogP contribution in [-0.4, -0.2) is 37.4 Å². The molecule has 2 fully saturated rings. The van der Waals surface area contributed by atoms with Gasteiger partial charge in [-0.3, -0.25) is 19.9 Å². The summed E-state index contributed by atoms with van der Waals surface area (Å²) in [6, 6.07) is 6.07. The summed E-state index contributed by atoms with van der Waals surface area (Å²) in [5.74, 6) is 0.785. The number of carbonyl (C=O) groups excluding carboxylic acids is 2. The predicted molar refractivity (Wildman–Crippen MR) is 103 cm³/mol. The third kappa shape index (κ3) is 3.18. The number of amides is 2. The molecule has 0 spiro atoms. The maximum Gasteiger partial charge on any atom is 0.254 e. The maximum absolute atomic E-state index is 11.9. The molecule has 0 radical (unpaired) electrons. The highest BCUT2D eigenvalue weighted by molar-refractivity contribution is 6.15. The Balaban J connectivity index is 1.58. The van der Waals surface area contributed by atoms with Gasteiger partial charge in [0.15, 0.2) is 5.65 Å². The van der Waals surface area contributed by atoms with Crippen molar-refractivity contribution < 1.29 is 9.59 Å². The number of pyridine rings is 1. The zero-order valence-electron chi connectivity index (χ0n) is 14.8. The Morgan fingerprint density at radius 1 is 1.25 bits per heavy atom. The van der Waals surface area contributed by atoms with Crippen molar-refractivity contribution in [2.24, 2.45) is 0 Å². The van der Waals surface area contributed by atoms with E-state index in [2.05, 4.69) is 31.0 Å². The Hall–Kier alpha value is -3.75. The molecule has 0 unspecified atom stereocenters. The summed E-state index contributed by atoms with van der Waals surface area (Å²) in [4.78, 5) is 32.1. The van der Waals surface area contributed by atoms with E-state index in [9.17, 15) is 9.59 Å². The number of anilines is 3. The highest BCUT2D eigenvalue weighted by Gasteiger charge is 2.25. The molecule has 5 rings (SSSR count). The summed E-state index contributed by atoms with van der Waals surface area (Å²) in [6.45, 7) is 0. The van der Waals surface area contributed by atoms with Gasteiger partial charge in [-0.05, 0) is 31.1 Å². The minimum Gasteiger partial charge on any atom is -0.367 e. The molecule has 1 aliphatic carbocycles. The number of nitrogens with zero attached hydrogens (tertiary/aromatic N) is 4. The summed E-state index contributed by atoms with van der Waals surface area (Å²) in [7, 11) is 0. The van der Waals surface area contributed by atoms with Gasteiger partial charge in [0.1, 0.15) is 11.6 Å². The van der Waals surface area contributed by atoms with E-state index in [0.29, 0.717) is 28.6 Å². The number of carbonyl (C=O) groups is 2. The number of hydrogen-bond acceptors (Lipinski definition) is 7. The van der Waals surface area contributed by atoms with Gasteiger partial charge in [-0.1, -0.05) is 0 Å². The second-order valence-corrected chi connectivity index (χ2v) is 6.87. The molecule has 4 heterocycles. The molecule has 0 bridgehead atoms. The van der Waals surface area contributed by atoms with Gasteiger partial charge in [0.2, 0.25) is 5.91 Å². The van der Waals surface area contributed by atoms with Crippen LogP contribution in [0.25, 0.3) is 11.7 Å². The SMILES string of the molecule is O=C1C/C(=C/c2cnn3c(NC4CC4)cc(Nc4cccnc4)nc23)C(=O)N1. The van der Waals surface area contributed by atoms with Gasteiger partial charge in [0.25, 0.3) is 5.91 Å². The Morgan fingerprint density at radius 3 is 2.86 bits per heavy atom. The topological polar surface area (TPSA) is 113 Å². The van der Waals surface area contributed by atoms with Gasteiger partial charge in [-0.25, -0.2) is 4.98 Å². The van der Waals surface area contributed by atoms with Crippen LogP contribution in [0.3, 0.4) is 0 Å². The molecule has 1 saturated heterocycles. The molecular weight excluding hydrogens is 358 g/mol. The van der Waals surface area contributed by atoms with E-state index in [1.807, 2.05) is 18.2 Å². The average molecular weight is 375 g/mol. The van der Waals surface area contributed by atoms with E-state index in [-0.39, 0.29) is 18.2 Å². The average Bonchev–Trinajstić information content (AvgIpc) is 3.32. The van der Waals surface area contributed by atoms with Crippen molar-refractivity contribution >= 4 is 40.9 Å². The van der Waals surface area contributed by atoms with Crippen molar-refractivity contribution in [2.75, 3.05) is 10.6 Å². The fraction of sp³-hybridized carbons (Fsp3) is 0.211. The summed E-state index contributed by atoms with van der Waals surface area (Å²) in [5, 5.41) is 13.4. The van der Waals surface area contributed by atoms with Crippen molar-refractivity contribution in [2.45, 2.75) is 25.3 Å². The molecule has 3 aromatic heterocycles. The van der Waals surface area contributed by atoms with E-state index in [0.717, 1.165) is 24.3 Å². The van der Waals surface area contributed by atoms with Crippen molar-refractivity contribution in [1.29, 1.82) is 0 Å². The molecular formula is C19H17N7O2. The monoisotopic (exact) mass is 375 g/mol. The molecule has 9 nitrogen and oxygen atoms in total. The quantitative estimate of drug-likeness (QED) is 0.461. The van der Waals surface area contributed by atoms with Crippen LogP contribution in [-0.2, 0) is 9.59 Å². The lowest BCUT2D eigenvalue weighted by Crippen LogP contribution is -2.19. The summed E-state index contributed by atoms with van der Waals surface area (Å²) >= 11 is 0. The highest BCUT2D eigenvalue weighted by atomic mass is 16.2. The molecule has 3 aromatic rings. The van der Waals surface area contributed by atoms with Gasteiger partial charge in [0.05, 0.1) is 24.5 Å². The zero-order valence-corrected chi connectivity index (χ0v) is 14.8. The minimum absolute atomic E-state index is 0.0664. The number of aromatic nitrogens is 4. The second-order valence-electron chi connectivity index (χ2n) is 6.87. The van der Waals surface area contributed by atoms with Crippen LogP contribution in [0.5, 0.6) is 0 Å². The van der Waals surface area contributed by atoms with Gasteiger partial charge in [0, 0.05) is 29.4 Å². The molecule has 2 amide bonds. The lowest BCUT2D eigenvalue weighted by molar-refractivity contribution is -0.124. The standard InChI is InChI=1S/C19H17N7O2/c27-17-7-11(19(28)25-17)6-12-9-21-26-16(23-13-3-4-13)8-15(24-18(12)26)22-14-2-1-5-20-10-14/h1-2,5-6,8-10,13,23H,3-4,7H2,(H,22,24)(H,25,27,28)/b11-6-. The van der Waals surface area contributed by atoms with Crippen LogP contribution >= 0.6 is 0 Å². The van der Waals surface area contributed by atoms with Crippen LogP contribution in [0.2, 0.25) is 0 Å². The van der Waals surface area contributed by atoms with Crippen LogP contribution in [0, 0.1) is 0 Å². The van der Waals surface area contributed by atoms with E-state index >= 15 is 0 Å². The molecule has 1 aliphatic heterocycles. The van der Waals surface area contributed by atoms with Crippen molar-refractivity contribution in [3.05, 3.63) is 47.9 Å². The normalized spacial score (nSPS) is 17.9. The van der Waals surface area contributed by atoms with Gasteiger partial charge in [-0.15, -0.1) is 0 Å². The fourth-order valence-electron chi connectivity index (χ4n) is 3.08. The summed E-state index contributed by atoms with van der Waals surface area (Å²) < 4.78 is 1.72. The molecule has 0 aromatic carbocycles. The summed E-state index contributed by atoms with van der Waals surface area (Å²) in [6.07, 6.45) is 9.05. The second kappa shape index (κ2) is 6.45. The van der Waals surface area contributed by atoms with Gasteiger partial charge >= 0.3 is 0 Å². The maximum atomic E-state index is 11.9. The van der Waals surface area contributed by atoms with E-state index in [1.54, 1.807) is 29.2 Å². The van der Waals surface area contributed by atoms with E-state index in [4.69, 9.17) is 0 Å². The van der Waals surface area contributed by atoms with Crippen molar-refractivity contribution in [3.63, 3.8) is 0 Å². The van der Waals surface area contributed by atoms with E-state index in [1.165, 1.54) is 0 Å². The van der Waals surface area contributed by atoms with Gasteiger partial charge in [-0.2, -0.15) is 9.61 Å². The smallest absolute Gasteiger partial charge is 0.254 e. The highest BCUT2D eigenvalue weighted by Crippen LogP contribution is 2.28.